The summed E-state index contributed by atoms with van der Waals surface area (Å²) in [7, 11) is -3.44. The molecule has 0 bridgehead atoms. The van der Waals surface area contributed by atoms with Crippen LogP contribution in [0.3, 0.4) is 0 Å². The van der Waals surface area contributed by atoms with Crippen molar-refractivity contribution >= 4 is 19.4 Å². The van der Waals surface area contributed by atoms with Gasteiger partial charge in [0.25, 0.3) is 5.91 Å². The van der Waals surface area contributed by atoms with Crippen LogP contribution in [-0.4, -0.2) is 50.0 Å². The van der Waals surface area contributed by atoms with E-state index in [0.717, 1.165) is 11.1 Å². The lowest BCUT2D eigenvalue weighted by atomic mass is 9.73. The highest BCUT2D eigenvalue weighted by Crippen LogP contribution is 2.54. The number of hydrogen-bond acceptors (Lipinski definition) is 5. The molecule has 11 heteroatoms. The number of amides is 2. The summed E-state index contributed by atoms with van der Waals surface area (Å²) in [6.45, 7) is -1.38. The Morgan fingerprint density at radius 2 is 1.41 bits per heavy atom. The van der Waals surface area contributed by atoms with Crippen LogP contribution < -0.4 is 10.6 Å². The Hall–Kier alpha value is -3.46. The van der Waals surface area contributed by atoms with Crippen molar-refractivity contribution in [3.05, 3.63) is 95.6 Å². The average Bonchev–Trinajstić information content (AvgIpc) is 3.26. The second-order valence-corrected chi connectivity index (χ2v) is 12.4. The van der Waals surface area contributed by atoms with Crippen LogP contribution >= 0.6 is 7.60 Å². The molecule has 0 unspecified atom stereocenters. The van der Waals surface area contributed by atoms with E-state index in [-0.39, 0.29) is 31.7 Å². The Balaban J connectivity index is 1.24. The van der Waals surface area contributed by atoms with Gasteiger partial charge in [0.1, 0.15) is 12.0 Å². The van der Waals surface area contributed by atoms with Crippen molar-refractivity contribution < 1.29 is 36.4 Å². The van der Waals surface area contributed by atoms with Gasteiger partial charge in [0, 0.05) is 5.56 Å². The second kappa shape index (κ2) is 11.8. The molecule has 0 aromatic heterocycles. The van der Waals surface area contributed by atoms with Crippen LogP contribution in [0.15, 0.2) is 78.9 Å². The van der Waals surface area contributed by atoms with E-state index < -0.39 is 37.7 Å². The number of fused-ring (bicyclic) bond motifs is 3. The Morgan fingerprint density at radius 1 is 0.854 bits per heavy atom. The average molecular weight is 587 g/mol. The van der Waals surface area contributed by atoms with Gasteiger partial charge in [-0.15, -0.1) is 0 Å². The smallest absolute Gasteiger partial charge is 0.346 e. The summed E-state index contributed by atoms with van der Waals surface area (Å²) >= 11 is 0. The van der Waals surface area contributed by atoms with Crippen LogP contribution in [0.5, 0.6) is 0 Å². The zero-order chi connectivity index (χ0) is 29.1. The van der Waals surface area contributed by atoms with Gasteiger partial charge in [-0.1, -0.05) is 73.2 Å². The first-order valence-electron chi connectivity index (χ1n) is 13.4. The molecule has 216 valence electrons. The van der Waals surface area contributed by atoms with Crippen LogP contribution in [0.25, 0.3) is 11.1 Å². The first-order valence-corrected chi connectivity index (χ1v) is 15.1. The fourth-order valence-corrected chi connectivity index (χ4v) is 7.30. The predicted octanol–water partition coefficient (Wildman–Crippen LogP) is 5.84. The van der Waals surface area contributed by atoms with E-state index in [1.54, 1.807) is 54.6 Å². The van der Waals surface area contributed by atoms with Gasteiger partial charge < -0.3 is 19.7 Å². The highest BCUT2D eigenvalue weighted by Gasteiger charge is 2.49. The van der Waals surface area contributed by atoms with Gasteiger partial charge in [0.2, 0.25) is 5.91 Å². The molecule has 41 heavy (non-hydrogen) atoms. The third-order valence-electron chi connectivity index (χ3n) is 7.45. The summed E-state index contributed by atoms with van der Waals surface area (Å²) < 4.78 is 63.5. The van der Waals surface area contributed by atoms with E-state index in [0.29, 0.717) is 29.5 Å². The molecule has 1 saturated heterocycles. The third kappa shape index (κ3) is 6.25. The predicted molar refractivity (Wildman–Crippen MR) is 148 cm³/mol. The molecule has 1 fully saturated rings. The lowest BCUT2D eigenvalue weighted by molar-refractivity contribution is -0.141. The number of halogens is 3. The van der Waals surface area contributed by atoms with Crippen LogP contribution in [0.2, 0.25) is 0 Å². The molecule has 5 rings (SSSR count). The number of rotatable bonds is 9. The van der Waals surface area contributed by atoms with E-state index in [2.05, 4.69) is 10.6 Å². The Kier molecular flexibility index (Phi) is 8.36. The van der Waals surface area contributed by atoms with Crippen LogP contribution in [0.1, 0.15) is 40.7 Å². The summed E-state index contributed by atoms with van der Waals surface area (Å²) in [5, 5.41) is 4.92. The molecule has 2 N–H and O–H groups in total. The molecule has 1 aliphatic heterocycles. The number of hydrogen-bond donors (Lipinski definition) is 2. The fourth-order valence-electron chi connectivity index (χ4n) is 5.54. The Bertz CT molecular complexity index is 1410. The minimum Gasteiger partial charge on any atom is -0.346 e. The SMILES string of the molecule is O=C(N[C@H]1CO[P@](=O)(CCCCC2(C(=O)NCC(F)(F)F)c3ccccc3-c3ccccc32)OC1)c1ccccc1. The topological polar surface area (TPSA) is 93.7 Å². The van der Waals surface area contributed by atoms with Crippen molar-refractivity contribution in [1.29, 1.82) is 0 Å². The maximum Gasteiger partial charge on any atom is 0.405 e. The molecular weight excluding hydrogens is 556 g/mol. The maximum absolute atomic E-state index is 13.6. The summed E-state index contributed by atoms with van der Waals surface area (Å²) in [6.07, 6.45) is -3.53. The van der Waals surface area contributed by atoms with E-state index in [1.807, 2.05) is 24.3 Å². The molecule has 0 radical (unpaired) electrons. The van der Waals surface area contributed by atoms with Gasteiger partial charge in [-0.2, -0.15) is 13.2 Å². The number of carbonyl (C=O) groups is 2. The quantitative estimate of drug-likeness (QED) is 0.243. The molecule has 3 aromatic carbocycles. The summed E-state index contributed by atoms with van der Waals surface area (Å²) in [5.74, 6) is -1.01. The van der Waals surface area contributed by atoms with Gasteiger partial charge >= 0.3 is 13.8 Å². The standard InChI is InChI=1S/C30H30F3N2O5P/c31-30(32,33)20-34-28(37)29(25-14-6-4-12-23(25)24-13-5-7-15-26(24)29)16-8-9-17-41(38)39-18-22(19-40-41)35-27(36)21-10-2-1-3-11-21/h1-7,10-15,22H,8-9,16-20H2,(H,34,37)(H,35,36)/t22-,41+. The molecule has 1 heterocycles. The molecular formula is C30H30F3N2O5P. The lowest BCUT2D eigenvalue weighted by Gasteiger charge is -2.32. The van der Waals surface area contributed by atoms with Crippen molar-refractivity contribution in [3.63, 3.8) is 0 Å². The van der Waals surface area contributed by atoms with Crippen molar-refractivity contribution in [2.24, 2.45) is 0 Å². The molecule has 0 saturated carbocycles. The number of alkyl halides is 3. The lowest BCUT2D eigenvalue weighted by Crippen LogP contribution is -2.47. The van der Waals surface area contributed by atoms with E-state index in [4.69, 9.17) is 9.05 Å². The van der Waals surface area contributed by atoms with Crippen LogP contribution in [0, 0.1) is 0 Å². The van der Waals surface area contributed by atoms with Crippen LogP contribution in [-0.2, 0) is 23.8 Å². The van der Waals surface area contributed by atoms with Crippen molar-refractivity contribution in [2.75, 3.05) is 25.9 Å². The Labute approximate surface area is 236 Å². The number of carbonyl (C=O) groups excluding carboxylic acids is 2. The summed E-state index contributed by atoms with van der Waals surface area (Å²) in [5.41, 5.74) is 2.07. The van der Waals surface area contributed by atoms with Gasteiger partial charge in [0.15, 0.2) is 0 Å². The highest BCUT2D eigenvalue weighted by atomic mass is 31.2. The van der Waals surface area contributed by atoms with Crippen molar-refractivity contribution in [1.82, 2.24) is 10.6 Å². The zero-order valence-electron chi connectivity index (χ0n) is 22.2. The minimum atomic E-state index is -4.55. The highest BCUT2D eigenvalue weighted by molar-refractivity contribution is 7.53. The van der Waals surface area contributed by atoms with E-state index in [1.165, 1.54) is 0 Å². The third-order valence-corrected chi connectivity index (χ3v) is 9.40. The maximum atomic E-state index is 13.6. The fraction of sp³-hybridized carbons (Fsp3) is 0.333. The van der Waals surface area contributed by atoms with E-state index >= 15 is 0 Å². The molecule has 1 aliphatic carbocycles. The first-order chi connectivity index (χ1) is 19.6. The molecule has 2 amide bonds. The second-order valence-electron chi connectivity index (χ2n) is 10.2. The summed E-state index contributed by atoms with van der Waals surface area (Å²) in [6, 6.07) is 22.7. The van der Waals surface area contributed by atoms with Gasteiger partial charge in [-0.05, 0) is 47.2 Å². The van der Waals surface area contributed by atoms with Gasteiger partial charge in [-0.3, -0.25) is 14.2 Å². The minimum absolute atomic E-state index is 0.0282. The summed E-state index contributed by atoms with van der Waals surface area (Å²) in [4.78, 5) is 26.0. The number of nitrogens with one attached hydrogen (secondary N) is 2. The van der Waals surface area contributed by atoms with Crippen molar-refractivity contribution in [2.45, 2.75) is 36.9 Å². The molecule has 0 spiro atoms. The van der Waals surface area contributed by atoms with Gasteiger partial charge in [-0.25, -0.2) is 0 Å². The molecule has 7 nitrogen and oxygen atoms in total. The van der Waals surface area contributed by atoms with E-state index in [9.17, 15) is 27.3 Å². The number of benzene rings is 3. The van der Waals surface area contributed by atoms with Gasteiger partial charge in [0.05, 0.1) is 25.4 Å². The van der Waals surface area contributed by atoms with Crippen LogP contribution in [0.4, 0.5) is 13.2 Å². The monoisotopic (exact) mass is 586 g/mol. The first kappa shape index (κ1) is 29.0. The zero-order valence-corrected chi connectivity index (χ0v) is 23.0. The largest absolute Gasteiger partial charge is 0.405 e. The molecule has 2 aliphatic rings. The van der Waals surface area contributed by atoms with Crippen molar-refractivity contribution in [3.8, 4) is 11.1 Å². The molecule has 0 atom stereocenters. The molecule has 3 aromatic rings. The Morgan fingerprint density at radius 3 is 2.00 bits per heavy atom. The number of unbranched alkanes of at least 4 members (excludes halogenated alkanes) is 1. The normalized spacial score (nSPS) is 21.0.